The van der Waals surface area contributed by atoms with Gasteiger partial charge in [-0.05, 0) is 12.5 Å². The monoisotopic (exact) mass is 236 g/mol. The van der Waals surface area contributed by atoms with E-state index in [1.54, 1.807) is 6.92 Å². The maximum atomic E-state index is 12.2. The molecule has 1 heterocycles. The van der Waals surface area contributed by atoms with Crippen molar-refractivity contribution in [2.75, 3.05) is 7.11 Å². The largest absolute Gasteiger partial charge is 0.469 e. The van der Waals surface area contributed by atoms with E-state index in [-0.39, 0.29) is 12.1 Å². The first-order valence-corrected chi connectivity index (χ1v) is 4.48. The number of aryl methyl sites for hydroxylation is 1. The van der Waals surface area contributed by atoms with E-state index in [1.165, 1.54) is 13.3 Å². The van der Waals surface area contributed by atoms with Crippen LogP contribution in [0.25, 0.3) is 0 Å². The molecule has 0 aromatic carbocycles. The average Bonchev–Trinajstić information content (AvgIpc) is 2.47. The van der Waals surface area contributed by atoms with Crippen molar-refractivity contribution >= 4 is 5.97 Å². The molecule has 0 atom stereocenters. The van der Waals surface area contributed by atoms with E-state index in [0.29, 0.717) is 5.56 Å². The van der Waals surface area contributed by atoms with Crippen LogP contribution in [0.15, 0.2) is 6.20 Å². The number of hydrogen-bond donors (Lipinski definition) is 0. The Morgan fingerprint density at radius 1 is 1.56 bits per heavy atom. The number of carbonyl (C=O) groups is 1. The molecule has 0 aliphatic carbocycles. The van der Waals surface area contributed by atoms with Gasteiger partial charge in [-0.2, -0.15) is 18.3 Å². The van der Waals surface area contributed by atoms with Gasteiger partial charge < -0.3 is 4.74 Å². The van der Waals surface area contributed by atoms with Gasteiger partial charge in [-0.15, -0.1) is 0 Å². The van der Waals surface area contributed by atoms with Crippen molar-refractivity contribution in [2.24, 2.45) is 0 Å². The molecule has 1 aromatic rings. The number of halogens is 3. The molecule has 16 heavy (non-hydrogen) atoms. The molecule has 0 aliphatic heterocycles. The quantitative estimate of drug-likeness (QED) is 0.746. The number of nitrogens with zero attached hydrogens (tertiary/aromatic N) is 2. The topological polar surface area (TPSA) is 44.1 Å². The molecule has 0 saturated heterocycles. The summed E-state index contributed by atoms with van der Waals surface area (Å²) in [6.45, 7) is 0.394. The summed E-state index contributed by atoms with van der Waals surface area (Å²) in [5.74, 6) is -0.591. The van der Waals surface area contributed by atoms with Gasteiger partial charge >= 0.3 is 12.1 Å². The molecule has 0 radical (unpaired) electrons. The van der Waals surface area contributed by atoms with Gasteiger partial charge in [-0.25, -0.2) is 0 Å². The van der Waals surface area contributed by atoms with E-state index in [9.17, 15) is 18.0 Å². The Morgan fingerprint density at radius 3 is 2.69 bits per heavy atom. The number of ether oxygens (including phenoxy) is 1. The fourth-order valence-electron chi connectivity index (χ4n) is 1.25. The van der Waals surface area contributed by atoms with Crippen molar-refractivity contribution in [3.8, 4) is 0 Å². The molecule has 0 fully saturated rings. The standard InChI is InChI=1S/C9H11F3N2O2/c1-6-4-13-14(5-9(10,11)12)7(6)3-8(15)16-2/h4H,3,5H2,1-2H3. The summed E-state index contributed by atoms with van der Waals surface area (Å²) in [6, 6.07) is 0. The Hall–Kier alpha value is -1.53. The molecule has 1 rings (SSSR count). The second kappa shape index (κ2) is 4.54. The summed E-state index contributed by atoms with van der Waals surface area (Å²) in [5.41, 5.74) is 0.763. The second-order valence-electron chi connectivity index (χ2n) is 3.30. The summed E-state index contributed by atoms with van der Waals surface area (Å²) < 4.78 is 41.7. The highest BCUT2D eigenvalue weighted by molar-refractivity contribution is 5.72. The molecule has 0 spiro atoms. The molecule has 0 aliphatic rings. The third-order valence-corrected chi connectivity index (χ3v) is 2.03. The molecule has 0 saturated carbocycles. The Bertz CT molecular complexity index is 385. The number of aromatic nitrogens is 2. The number of hydrogen-bond acceptors (Lipinski definition) is 3. The zero-order valence-corrected chi connectivity index (χ0v) is 8.84. The summed E-state index contributed by atoms with van der Waals surface area (Å²) >= 11 is 0. The molecule has 1 aromatic heterocycles. The van der Waals surface area contributed by atoms with Crippen LogP contribution in [-0.2, 0) is 22.5 Å². The van der Waals surface area contributed by atoms with Gasteiger partial charge in [-0.1, -0.05) is 0 Å². The van der Waals surface area contributed by atoms with E-state index in [1.807, 2.05) is 0 Å². The second-order valence-corrected chi connectivity index (χ2v) is 3.30. The molecule has 0 bridgehead atoms. The van der Waals surface area contributed by atoms with Gasteiger partial charge in [0.25, 0.3) is 0 Å². The number of alkyl halides is 3. The highest BCUT2D eigenvalue weighted by Crippen LogP contribution is 2.19. The number of esters is 1. The first kappa shape index (κ1) is 12.5. The highest BCUT2D eigenvalue weighted by atomic mass is 19.4. The fourth-order valence-corrected chi connectivity index (χ4v) is 1.25. The lowest BCUT2D eigenvalue weighted by molar-refractivity contribution is -0.145. The maximum absolute atomic E-state index is 12.2. The molecule has 7 heteroatoms. The fraction of sp³-hybridized carbons (Fsp3) is 0.556. The van der Waals surface area contributed by atoms with Crippen LogP contribution < -0.4 is 0 Å². The van der Waals surface area contributed by atoms with Crippen molar-refractivity contribution in [3.63, 3.8) is 0 Å². The lowest BCUT2D eigenvalue weighted by atomic mass is 10.2. The molecular weight excluding hydrogens is 225 g/mol. The third kappa shape index (κ3) is 3.25. The lowest BCUT2D eigenvalue weighted by Crippen LogP contribution is -2.22. The summed E-state index contributed by atoms with van der Waals surface area (Å²) in [5, 5.41) is 3.58. The predicted octanol–water partition coefficient (Wildman–Crippen LogP) is 1.47. The Morgan fingerprint density at radius 2 is 2.19 bits per heavy atom. The summed E-state index contributed by atoms with van der Waals surface area (Å²) in [6.07, 6.45) is -3.27. The van der Waals surface area contributed by atoms with Gasteiger partial charge in [0.15, 0.2) is 0 Å². The number of methoxy groups -OCH3 is 1. The van der Waals surface area contributed by atoms with Gasteiger partial charge in [0.1, 0.15) is 6.54 Å². The van der Waals surface area contributed by atoms with E-state index < -0.39 is 18.7 Å². The molecule has 0 N–H and O–H groups in total. The van der Waals surface area contributed by atoms with Gasteiger partial charge in [-0.3, -0.25) is 9.48 Å². The maximum Gasteiger partial charge on any atom is 0.408 e. The van der Waals surface area contributed by atoms with E-state index >= 15 is 0 Å². The van der Waals surface area contributed by atoms with Crippen LogP contribution in [0.5, 0.6) is 0 Å². The van der Waals surface area contributed by atoms with Crippen molar-refractivity contribution < 1.29 is 22.7 Å². The minimum atomic E-state index is -4.36. The zero-order chi connectivity index (χ0) is 12.3. The van der Waals surface area contributed by atoms with Crippen LogP contribution in [0.4, 0.5) is 13.2 Å². The minimum absolute atomic E-state index is 0.210. The smallest absolute Gasteiger partial charge is 0.408 e. The number of carbonyl (C=O) groups excluding carboxylic acids is 1. The van der Waals surface area contributed by atoms with E-state index in [4.69, 9.17) is 0 Å². The molecular formula is C9H11F3N2O2. The van der Waals surface area contributed by atoms with Crippen LogP contribution in [0.2, 0.25) is 0 Å². The van der Waals surface area contributed by atoms with Crippen molar-refractivity contribution in [2.45, 2.75) is 26.1 Å². The predicted molar refractivity (Wildman–Crippen MR) is 48.7 cm³/mol. The van der Waals surface area contributed by atoms with Crippen LogP contribution in [0.1, 0.15) is 11.3 Å². The van der Waals surface area contributed by atoms with Crippen LogP contribution in [0.3, 0.4) is 0 Å². The molecule has 0 unspecified atom stereocenters. The van der Waals surface area contributed by atoms with Crippen molar-refractivity contribution in [1.29, 1.82) is 0 Å². The first-order valence-electron chi connectivity index (χ1n) is 4.48. The number of rotatable bonds is 3. The van der Waals surface area contributed by atoms with Crippen LogP contribution in [-0.4, -0.2) is 29.0 Å². The van der Waals surface area contributed by atoms with Crippen LogP contribution in [0, 0.1) is 6.92 Å². The zero-order valence-electron chi connectivity index (χ0n) is 8.84. The highest BCUT2D eigenvalue weighted by Gasteiger charge is 2.30. The Balaban J connectivity index is 2.90. The van der Waals surface area contributed by atoms with Gasteiger partial charge in [0, 0.05) is 0 Å². The molecule has 0 amide bonds. The normalized spacial score (nSPS) is 11.6. The lowest BCUT2D eigenvalue weighted by Gasteiger charge is -2.10. The summed E-state index contributed by atoms with van der Waals surface area (Å²) in [7, 11) is 1.18. The minimum Gasteiger partial charge on any atom is -0.469 e. The third-order valence-electron chi connectivity index (χ3n) is 2.03. The van der Waals surface area contributed by atoms with Gasteiger partial charge in [0.05, 0.1) is 25.4 Å². The van der Waals surface area contributed by atoms with Crippen molar-refractivity contribution in [3.05, 3.63) is 17.5 Å². The van der Waals surface area contributed by atoms with Crippen molar-refractivity contribution in [1.82, 2.24) is 9.78 Å². The summed E-state index contributed by atoms with van der Waals surface area (Å²) in [4.78, 5) is 11.0. The SMILES string of the molecule is COC(=O)Cc1c(C)cnn1CC(F)(F)F. The average molecular weight is 236 g/mol. The van der Waals surface area contributed by atoms with E-state index in [0.717, 1.165) is 4.68 Å². The van der Waals surface area contributed by atoms with Crippen LogP contribution >= 0.6 is 0 Å². The van der Waals surface area contributed by atoms with E-state index in [2.05, 4.69) is 9.84 Å². The Labute approximate surface area is 90.0 Å². The molecule has 90 valence electrons. The first-order chi connectivity index (χ1) is 7.33. The Kier molecular flexibility index (Phi) is 3.56. The van der Waals surface area contributed by atoms with Gasteiger partial charge in [0.2, 0.25) is 0 Å². The molecule has 4 nitrogen and oxygen atoms in total.